The summed E-state index contributed by atoms with van der Waals surface area (Å²) in [5, 5.41) is 3.79. The Morgan fingerprint density at radius 2 is 2.00 bits per heavy atom. The van der Waals surface area contributed by atoms with Crippen LogP contribution in [0.3, 0.4) is 0 Å². The van der Waals surface area contributed by atoms with E-state index in [9.17, 15) is 0 Å². The van der Waals surface area contributed by atoms with Crippen molar-refractivity contribution in [2.75, 3.05) is 13.2 Å². The molecule has 0 unspecified atom stereocenters. The Bertz CT molecular complexity index is 392. The Balaban J connectivity index is 1.58. The molecule has 1 aliphatic heterocycles. The third kappa shape index (κ3) is 3.01. The molecule has 104 valence electrons. The fraction of sp³-hybridized carbons (Fsp3) is 0.647. The van der Waals surface area contributed by atoms with Crippen molar-refractivity contribution < 1.29 is 4.74 Å². The molecule has 0 spiro atoms. The van der Waals surface area contributed by atoms with Gasteiger partial charge in [-0.25, -0.2) is 0 Å². The third-order valence-corrected chi connectivity index (χ3v) is 4.85. The van der Waals surface area contributed by atoms with E-state index in [1.807, 2.05) is 0 Å². The van der Waals surface area contributed by atoms with Crippen molar-refractivity contribution in [1.29, 1.82) is 0 Å². The molecule has 0 radical (unpaired) electrons. The largest absolute Gasteiger partial charge is 0.373 e. The van der Waals surface area contributed by atoms with Gasteiger partial charge in [0, 0.05) is 25.1 Å². The second-order valence-electron chi connectivity index (χ2n) is 6.17. The first-order valence-corrected chi connectivity index (χ1v) is 7.74. The monoisotopic (exact) mass is 259 g/mol. The zero-order valence-corrected chi connectivity index (χ0v) is 11.8. The van der Waals surface area contributed by atoms with E-state index in [-0.39, 0.29) is 0 Å². The molecule has 4 atom stereocenters. The highest BCUT2D eigenvalue weighted by Crippen LogP contribution is 2.34. The van der Waals surface area contributed by atoms with Crippen LogP contribution in [-0.2, 0) is 4.74 Å². The molecule has 2 heteroatoms. The number of ether oxygens (including phenoxy) is 1. The second kappa shape index (κ2) is 6.06. The number of hydrogen-bond donors (Lipinski definition) is 1. The van der Waals surface area contributed by atoms with E-state index < -0.39 is 0 Å². The van der Waals surface area contributed by atoms with Crippen LogP contribution in [0.25, 0.3) is 0 Å². The first-order chi connectivity index (χ1) is 9.34. The average molecular weight is 259 g/mol. The highest BCUT2D eigenvalue weighted by atomic mass is 16.5. The van der Waals surface area contributed by atoms with Crippen LogP contribution in [-0.4, -0.2) is 19.2 Å². The molecule has 2 fully saturated rings. The summed E-state index contributed by atoms with van der Waals surface area (Å²) in [5.41, 5.74) is 1.34. The highest BCUT2D eigenvalue weighted by Gasteiger charge is 2.31. The van der Waals surface area contributed by atoms with E-state index in [0.29, 0.717) is 12.0 Å². The molecule has 1 aliphatic carbocycles. The van der Waals surface area contributed by atoms with E-state index in [4.69, 9.17) is 4.74 Å². The second-order valence-corrected chi connectivity index (χ2v) is 6.17. The van der Waals surface area contributed by atoms with E-state index in [1.165, 1.54) is 31.2 Å². The molecule has 3 rings (SSSR count). The van der Waals surface area contributed by atoms with Gasteiger partial charge >= 0.3 is 0 Å². The Labute approximate surface area is 116 Å². The lowest BCUT2D eigenvalue weighted by atomic mass is 9.94. The fourth-order valence-corrected chi connectivity index (χ4v) is 3.61. The lowest BCUT2D eigenvalue weighted by Crippen LogP contribution is -2.35. The topological polar surface area (TPSA) is 21.3 Å². The van der Waals surface area contributed by atoms with Crippen LogP contribution in [0.4, 0.5) is 0 Å². The lowest BCUT2D eigenvalue weighted by Gasteiger charge is -2.23. The van der Waals surface area contributed by atoms with Gasteiger partial charge in [-0.1, -0.05) is 43.7 Å². The van der Waals surface area contributed by atoms with Crippen LogP contribution in [0.15, 0.2) is 30.3 Å². The summed E-state index contributed by atoms with van der Waals surface area (Å²) >= 11 is 0. The Morgan fingerprint density at radius 1 is 1.16 bits per heavy atom. The van der Waals surface area contributed by atoms with Crippen LogP contribution in [0.1, 0.15) is 44.3 Å². The molecule has 0 aromatic heterocycles. The Kier molecular flexibility index (Phi) is 4.19. The lowest BCUT2D eigenvalue weighted by molar-refractivity contribution is 0.0895. The molecular weight excluding hydrogens is 234 g/mol. The van der Waals surface area contributed by atoms with E-state index >= 15 is 0 Å². The number of nitrogens with one attached hydrogen (secondary N) is 1. The smallest absolute Gasteiger partial charge is 0.0866 e. The minimum atomic E-state index is 0.297. The van der Waals surface area contributed by atoms with Gasteiger partial charge in [0.15, 0.2) is 0 Å². The normalized spacial score (nSPS) is 34.8. The maximum atomic E-state index is 5.95. The summed E-state index contributed by atoms with van der Waals surface area (Å²) in [4.78, 5) is 0. The Hall–Kier alpha value is -0.860. The quantitative estimate of drug-likeness (QED) is 0.893. The van der Waals surface area contributed by atoms with Crippen LogP contribution in [0, 0.1) is 11.8 Å². The van der Waals surface area contributed by atoms with Crippen molar-refractivity contribution in [1.82, 2.24) is 5.32 Å². The zero-order chi connectivity index (χ0) is 13.1. The van der Waals surface area contributed by atoms with Gasteiger partial charge in [0.05, 0.1) is 6.10 Å². The molecule has 0 amide bonds. The molecule has 1 aromatic rings. The zero-order valence-electron chi connectivity index (χ0n) is 11.8. The number of rotatable bonds is 4. The van der Waals surface area contributed by atoms with E-state index in [0.717, 1.165) is 25.1 Å². The van der Waals surface area contributed by atoms with Crippen LogP contribution < -0.4 is 5.32 Å². The molecular formula is C17H25NO. The van der Waals surface area contributed by atoms with Crippen molar-refractivity contribution in [3.8, 4) is 0 Å². The van der Waals surface area contributed by atoms with Crippen LogP contribution in [0.5, 0.6) is 0 Å². The SMILES string of the molecule is C[C@@H]1CCC[C@@H]1NC[C@@H]1CCO[C@H]1c1ccccc1. The summed E-state index contributed by atoms with van der Waals surface area (Å²) in [6.45, 7) is 4.39. The van der Waals surface area contributed by atoms with Gasteiger partial charge in [0.1, 0.15) is 0 Å². The third-order valence-electron chi connectivity index (χ3n) is 4.85. The summed E-state index contributed by atoms with van der Waals surface area (Å²) in [7, 11) is 0. The van der Waals surface area contributed by atoms with E-state index in [1.54, 1.807) is 0 Å². The van der Waals surface area contributed by atoms with E-state index in [2.05, 4.69) is 42.6 Å². The van der Waals surface area contributed by atoms with Crippen molar-refractivity contribution in [3.63, 3.8) is 0 Å². The number of benzene rings is 1. The molecule has 2 nitrogen and oxygen atoms in total. The molecule has 19 heavy (non-hydrogen) atoms. The van der Waals surface area contributed by atoms with Crippen molar-refractivity contribution in [2.45, 2.75) is 44.8 Å². The maximum absolute atomic E-state index is 5.95. The van der Waals surface area contributed by atoms with Crippen molar-refractivity contribution >= 4 is 0 Å². The van der Waals surface area contributed by atoms with Gasteiger partial charge in [-0.05, 0) is 30.7 Å². The molecule has 1 N–H and O–H groups in total. The van der Waals surface area contributed by atoms with Crippen molar-refractivity contribution in [2.24, 2.45) is 11.8 Å². The molecule has 1 saturated carbocycles. The Morgan fingerprint density at radius 3 is 2.74 bits per heavy atom. The van der Waals surface area contributed by atoms with Crippen LogP contribution in [0.2, 0.25) is 0 Å². The van der Waals surface area contributed by atoms with Crippen molar-refractivity contribution in [3.05, 3.63) is 35.9 Å². The standard InChI is InChI=1S/C17H25NO/c1-13-6-5-9-16(13)18-12-15-10-11-19-17(15)14-7-3-2-4-8-14/h2-4,7-8,13,15-18H,5-6,9-12H2,1H3/t13-,15+,16+,17+/m1/s1. The van der Waals surface area contributed by atoms with Gasteiger partial charge in [0.25, 0.3) is 0 Å². The number of hydrogen-bond acceptors (Lipinski definition) is 2. The first-order valence-electron chi connectivity index (χ1n) is 7.74. The molecule has 1 saturated heterocycles. The summed E-state index contributed by atoms with van der Waals surface area (Å²) < 4.78 is 5.95. The predicted molar refractivity (Wildman–Crippen MR) is 78.0 cm³/mol. The average Bonchev–Trinajstić information content (AvgIpc) is 3.06. The summed E-state index contributed by atoms with van der Waals surface area (Å²) in [6, 6.07) is 11.4. The molecule has 1 heterocycles. The van der Waals surface area contributed by atoms with Gasteiger partial charge in [0.2, 0.25) is 0 Å². The molecule has 0 bridgehead atoms. The molecule has 1 aromatic carbocycles. The molecule has 2 aliphatic rings. The first kappa shape index (κ1) is 13.1. The van der Waals surface area contributed by atoms with Crippen LogP contribution >= 0.6 is 0 Å². The van der Waals surface area contributed by atoms with Gasteiger partial charge < -0.3 is 10.1 Å². The minimum Gasteiger partial charge on any atom is -0.373 e. The maximum Gasteiger partial charge on any atom is 0.0866 e. The highest BCUT2D eigenvalue weighted by molar-refractivity contribution is 5.19. The van der Waals surface area contributed by atoms with Gasteiger partial charge in [-0.2, -0.15) is 0 Å². The summed E-state index contributed by atoms with van der Waals surface area (Å²) in [6.07, 6.45) is 5.62. The predicted octanol–water partition coefficient (Wildman–Crippen LogP) is 3.54. The van der Waals surface area contributed by atoms with Gasteiger partial charge in [-0.15, -0.1) is 0 Å². The fourth-order valence-electron chi connectivity index (χ4n) is 3.61. The minimum absolute atomic E-state index is 0.297. The van der Waals surface area contributed by atoms with Gasteiger partial charge in [-0.3, -0.25) is 0 Å². The summed E-state index contributed by atoms with van der Waals surface area (Å²) in [5.74, 6) is 1.48.